The van der Waals surface area contributed by atoms with Crippen LogP contribution in [0.1, 0.15) is 38.3 Å². The van der Waals surface area contributed by atoms with Gasteiger partial charge in [0.25, 0.3) is 0 Å². The largest absolute Gasteiger partial charge is 0.395 e. The van der Waals surface area contributed by atoms with E-state index < -0.39 is 0 Å². The van der Waals surface area contributed by atoms with Crippen molar-refractivity contribution in [2.24, 2.45) is 0 Å². The Morgan fingerprint density at radius 1 is 1.31 bits per heavy atom. The molecule has 0 radical (unpaired) electrons. The van der Waals surface area contributed by atoms with E-state index in [9.17, 15) is 5.11 Å². The summed E-state index contributed by atoms with van der Waals surface area (Å²) in [6.07, 6.45) is 2.32. The molecule has 1 aromatic rings. The Bertz CT molecular complexity index is 325. The minimum atomic E-state index is 0.279. The Kier molecular flexibility index (Phi) is 3.62. The van der Waals surface area contributed by atoms with Gasteiger partial charge < -0.3 is 5.11 Å². The van der Waals surface area contributed by atoms with E-state index in [1.807, 2.05) is 6.07 Å². The fourth-order valence-corrected chi connectivity index (χ4v) is 2.88. The molecule has 1 N–H and O–H groups in total. The number of nitrogens with zero attached hydrogens (tertiary/aromatic N) is 1. The number of rotatable bonds is 3. The highest BCUT2D eigenvalue weighted by Gasteiger charge is 2.33. The van der Waals surface area contributed by atoms with Crippen LogP contribution < -0.4 is 0 Å². The molecule has 0 aliphatic carbocycles. The second kappa shape index (κ2) is 4.98. The van der Waals surface area contributed by atoms with Crippen LogP contribution in [0.2, 0.25) is 0 Å². The van der Waals surface area contributed by atoms with E-state index in [1.165, 1.54) is 12.0 Å². The number of benzene rings is 1. The van der Waals surface area contributed by atoms with Crippen molar-refractivity contribution < 1.29 is 5.11 Å². The highest BCUT2D eigenvalue weighted by atomic mass is 16.3. The lowest BCUT2D eigenvalue weighted by Crippen LogP contribution is -2.38. The van der Waals surface area contributed by atoms with Crippen molar-refractivity contribution in [2.45, 2.75) is 44.8 Å². The van der Waals surface area contributed by atoms with Crippen molar-refractivity contribution in [1.82, 2.24) is 4.90 Å². The van der Waals surface area contributed by atoms with Crippen LogP contribution in [0, 0.1) is 0 Å². The van der Waals surface area contributed by atoms with Crippen LogP contribution in [-0.2, 0) is 0 Å². The first-order chi connectivity index (χ1) is 7.74. The van der Waals surface area contributed by atoms with Crippen molar-refractivity contribution >= 4 is 0 Å². The van der Waals surface area contributed by atoms with Gasteiger partial charge >= 0.3 is 0 Å². The molecule has 16 heavy (non-hydrogen) atoms. The first-order valence-electron chi connectivity index (χ1n) is 6.17. The van der Waals surface area contributed by atoms with Gasteiger partial charge in [-0.3, -0.25) is 4.90 Å². The maximum Gasteiger partial charge on any atom is 0.0587 e. The van der Waals surface area contributed by atoms with Crippen LogP contribution in [0.5, 0.6) is 0 Å². The molecule has 2 unspecified atom stereocenters. The molecule has 1 saturated heterocycles. The standard InChI is InChI=1S/C14H21NO/c1-11-8-9-14(10-16)15(11)12(2)13-6-4-3-5-7-13/h3-7,11-12,14,16H,8-10H2,1-2H3/t11-,12?,14?/m1/s1. The quantitative estimate of drug-likeness (QED) is 0.844. The molecule has 2 heteroatoms. The SMILES string of the molecule is CC(c1ccccc1)N1C(CO)CC[C@H]1C. The smallest absolute Gasteiger partial charge is 0.0587 e. The molecular weight excluding hydrogens is 198 g/mol. The van der Waals surface area contributed by atoms with Gasteiger partial charge in [0.2, 0.25) is 0 Å². The van der Waals surface area contributed by atoms with Crippen LogP contribution in [0.15, 0.2) is 30.3 Å². The van der Waals surface area contributed by atoms with Gasteiger partial charge in [0.05, 0.1) is 6.61 Å². The fraction of sp³-hybridized carbons (Fsp3) is 0.571. The molecular formula is C14H21NO. The first kappa shape index (κ1) is 11.6. The summed E-state index contributed by atoms with van der Waals surface area (Å²) in [6, 6.07) is 11.9. The zero-order chi connectivity index (χ0) is 11.5. The molecule has 1 aliphatic rings. The van der Waals surface area contributed by atoms with E-state index in [0.29, 0.717) is 18.1 Å². The van der Waals surface area contributed by atoms with E-state index in [2.05, 4.69) is 43.0 Å². The lowest BCUT2D eigenvalue weighted by atomic mass is 10.1. The van der Waals surface area contributed by atoms with Crippen molar-refractivity contribution in [3.63, 3.8) is 0 Å². The van der Waals surface area contributed by atoms with E-state index in [-0.39, 0.29) is 6.61 Å². The zero-order valence-corrected chi connectivity index (χ0v) is 10.1. The number of aliphatic hydroxyl groups is 1. The highest BCUT2D eigenvalue weighted by Crippen LogP contribution is 2.33. The van der Waals surface area contributed by atoms with Crippen LogP contribution in [0.25, 0.3) is 0 Å². The summed E-state index contributed by atoms with van der Waals surface area (Å²) >= 11 is 0. The molecule has 0 amide bonds. The van der Waals surface area contributed by atoms with Crippen LogP contribution in [-0.4, -0.2) is 28.7 Å². The van der Waals surface area contributed by atoms with Gasteiger partial charge in [-0.05, 0) is 32.3 Å². The van der Waals surface area contributed by atoms with E-state index in [4.69, 9.17) is 0 Å². The van der Waals surface area contributed by atoms with Crippen molar-refractivity contribution in [2.75, 3.05) is 6.61 Å². The Labute approximate surface area is 97.9 Å². The summed E-state index contributed by atoms with van der Waals surface area (Å²) in [5.41, 5.74) is 1.34. The molecule has 2 rings (SSSR count). The maximum absolute atomic E-state index is 9.41. The predicted molar refractivity (Wildman–Crippen MR) is 66.3 cm³/mol. The molecule has 2 nitrogen and oxygen atoms in total. The lowest BCUT2D eigenvalue weighted by Gasteiger charge is -2.33. The van der Waals surface area contributed by atoms with Crippen LogP contribution >= 0.6 is 0 Å². The number of hydrogen-bond acceptors (Lipinski definition) is 2. The predicted octanol–water partition coefficient (Wildman–Crippen LogP) is 2.59. The summed E-state index contributed by atoms with van der Waals surface area (Å²) in [5.74, 6) is 0. The minimum Gasteiger partial charge on any atom is -0.395 e. The Hall–Kier alpha value is -0.860. The van der Waals surface area contributed by atoms with Crippen LogP contribution in [0.3, 0.4) is 0 Å². The van der Waals surface area contributed by atoms with E-state index in [0.717, 1.165) is 6.42 Å². The third kappa shape index (κ3) is 2.13. The van der Waals surface area contributed by atoms with E-state index >= 15 is 0 Å². The van der Waals surface area contributed by atoms with Crippen LogP contribution in [0.4, 0.5) is 0 Å². The molecule has 0 aromatic heterocycles. The summed E-state index contributed by atoms with van der Waals surface area (Å²) in [5, 5.41) is 9.41. The van der Waals surface area contributed by atoms with Gasteiger partial charge in [-0.15, -0.1) is 0 Å². The third-order valence-electron chi connectivity index (χ3n) is 3.79. The topological polar surface area (TPSA) is 23.5 Å². The number of hydrogen-bond donors (Lipinski definition) is 1. The Balaban J connectivity index is 2.17. The molecule has 88 valence electrons. The maximum atomic E-state index is 9.41. The van der Waals surface area contributed by atoms with Gasteiger partial charge in [-0.25, -0.2) is 0 Å². The summed E-state index contributed by atoms with van der Waals surface area (Å²) in [6.45, 7) is 4.77. The van der Waals surface area contributed by atoms with Crippen molar-refractivity contribution in [3.05, 3.63) is 35.9 Å². The molecule has 1 heterocycles. The minimum absolute atomic E-state index is 0.279. The van der Waals surface area contributed by atoms with E-state index in [1.54, 1.807) is 0 Å². The number of likely N-dealkylation sites (tertiary alicyclic amines) is 1. The third-order valence-corrected chi connectivity index (χ3v) is 3.79. The van der Waals surface area contributed by atoms with Crippen molar-refractivity contribution in [3.8, 4) is 0 Å². The summed E-state index contributed by atoms with van der Waals surface area (Å²) < 4.78 is 0. The average molecular weight is 219 g/mol. The Morgan fingerprint density at radius 3 is 2.62 bits per heavy atom. The molecule has 1 aromatic carbocycles. The van der Waals surface area contributed by atoms with Gasteiger partial charge in [0.15, 0.2) is 0 Å². The molecule has 1 aliphatic heterocycles. The normalized spacial score (nSPS) is 28.2. The van der Waals surface area contributed by atoms with Gasteiger partial charge in [0.1, 0.15) is 0 Å². The van der Waals surface area contributed by atoms with Gasteiger partial charge in [-0.1, -0.05) is 30.3 Å². The second-order valence-corrected chi connectivity index (χ2v) is 4.80. The second-order valence-electron chi connectivity index (χ2n) is 4.80. The zero-order valence-electron chi connectivity index (χ0n) is 10.1. The average Bonchev–Trinajstić information content (AvgIpc) is 2.70. The lowest BCUT2D eigenvalue weighted by molar-refractivity contribution is 0.0980. The number of aliphatic hydroxyl groups excluding tert-OH is 1. The highest BCUT2D eigenvalue weighted by molar-refractivity contribution is 5.19. The van der Waals surface area contributed by atoms with Crippen molar-refractivity contribution in [1.29, 1.82) is 0 Å². The molecule has 0 bridgehead atoms. The molecule has 0 saturated carbocycles. The monoisotopic (exact) mass is 219 g/mol. The summed E-state index contributed by atoms with van der Waals surface area (Å²) in [4.78, 5) is 2.45. The molecule has 1 fully saturated rings. The van der Waals surface area contributed by atoms with Gasteiger partial charge in [-0.2, -0.15) is 0 Å². The molecule has 3 atom stereocenters. The first-order valence-corrected chi connectivity index (χ1v) is 6.17. The fourth-order valence-electron chi connectivity index (χ4n) is 2.88. The Morgan fingerprint density at radius 2 is 2.00 bits per heavy atom. The molecule has 0 spiro atoms. The summed E-state index contributed by atoms with van der Waals surface area (Å²) in [7, 11) is 0. The van der Waals surface area contributed by atoms with Gasteiger partial charge in [0, 0.05) is 18.1 Å².